The van der Waals surface area contributed by atoms with E-state index >= 15 is 0 Å². The first kappa shape index (κ1) is 17.0. The quantitative estimate of drug-likeness (QED) is 0.807. The van der Waals surface area contributed by atoms with Gasteiger partial charge in [-0.1, -0.05) is 32.0 Å². The molecule has 0 aliphatic carbocycles. The lowest BCUT2D eigenvalue weighted by Crippen LogP contribution is -2.31. The largest absolute Gasteiger partial charge is 0.480 e. The minimum atomic E-state index is -0.184. The number of aromatic nitrogens is 2. The summed E-state index contributed by atoms with van der Waals surface area (Å²) >= 11 is 0. The number of ether oxygens (including phenoxy) is 1. The molecule has 0 amide bonds. The maximum atomic E-state index is 12.6. The van der Waals surface area contributed by atoms with Gasteiger partial charge in [0, 0.05) is 19.2 Å². The molecule has 0 spiro atoms. The van der Waals surface area contributed by atoms with E-state index in [4.69, 9.17) is 4.74 Å². The van der Waals surface area contributed by atoms with Crippen molar-refractivity contribution < 1.29 is 4.74 Å². The van der Waals surface area contributed by atoms with Crippen LogP contribution in [0.15, 0.2) is 41.2 Å². The van der Waals surface area contributed by atoms with Crippen LogP contribution in [0.4, 0.5) is 5.69 Å². The molecule has 0 atom stereocenters. The highest BCUT2D eigenvalue weighted by molar-refractivity contribution is 5.46. The molecule has 2 aromatic rings. The maximum absolute atomic E-state index is 12.6. The fourth-order valence-electron chi connectivity index (χ4n) is 2.33. The van der Waals surface area contributed by atoms with Gasteiger partial charge in [-0.15, -0.1) is 5.10 Å². The Hall–Kier alpha value is -2.34. The molecule has 124 valence electrons. The van der Waals surface area contributed by atoms with E-state index in [-0.39, 0.29) is 5.56 Å². The van der Waals surface area contributed by atoms with Crippen LogP contribution in [0.5, 0.6) is 5.88 Å². The predicted octanol–water partition coefficient (Wildman–Crippen LogP) is 1.99. The number of methoxy groups -OCH3 is 1. The van der Waals surface area contributed by atoms with Gasteiger partial charge in [-0.3, -0.25) is 4.79 Å². The average molecular weight is 316 g/mol. The van der Waals surface area contributed by atoms with Gasteiger partial charge < -0.3 is 15.0 Å². The Bertz CT molecular complexity index is 666. The number of benzene rings is 1. The van der Waals surface area contributed by atoms with Crippen molar-refractivity contribution in [1.29, 1.82) is 0 Å². The molecular formula is C17H24N4O2. The highest BCUT2D eigenvalue weighted by Crippen LogP contribution is 2.12. The number of nitrogens with one attached hydrogen (secondary N) is 1. The van der Waals surface area contributed by atoms with Gasteiger partial charge in [0.25, 0.3) is 5.56 Å². The lowest BCUT2D eigenvalue weighted by atomic mass is 10.3. The Kier molecular flexibility index (Phi) is 6.17. The lowest BCUT2D eigenvalue weighted by Gasteiger charge is -2.18. The van der Waals surface area contributed by atoms with Crippen LogP contribution in [0, 0.1) is 0 Å². The molecule has 6 nitrogen and oxygen atoms in total. The number of para-hydroxylation sites is 1. The van der Waals surface area contributed by atoms with E-state index in [1.807, 2.05) is 30.3 Å². The summed E-state index contributed by atoms with van der Waals surface area (Å²) in [7, 11) is 1.54. The molecular weight excluding hydrogens is 292 g/mol. The number of likely N-dealkylation sites (N-methyl/N-ethyl adjacent to an activating group) is 1. The summed E-state index contributed by atoms with van der Waals surface area (Å²) in [5.41, 5.74) is 1.02. The van der Waals surface area contributed by atoms with Crippen LogP contribution in [-0.2, 0) is 0 Å². The van der Waals surface area contributed by atoms with Crippen molar-refractivity contribution in [3.8, 4) is 11.6 Å². The van der Waals surface area contributed by atoms with Crippen LogP contribution in [0.25, 0.3) is 5.69 Å². The smallest absolute Gasteiger partial charge is 0.295 e. The zero-order chi connectivity index (χ0) is 16.7. The molecule has 0 unspecified atom stereocenters. The van der Waals surface area contributed by atoms with Gasteiger partial charge in [-0.05, 0) is 25.2 Å². The lowest BCUT2D eigenvalue weighted by molar-refractivity contribution is 0.316. The number of hydrogen-bond donors (Lipinski definition) is 1. The molecule has 1 aromatic carbocycles. The zero-order valence-electron chi connectivity index (χ0n) is 14.0. The third kappa shape index (κ3) is 4.32. The van der Waals surface area contributed by atoms with Crippen molar-refractivity contribution in [2.24, 2.45) is 0 Å². The second-order valence-electron chi connectivity index (χ2n) is 5.11. The van der Waals surface area contributed by atoms with E-state index in [0.29, 0.717) is 23.8 Å². The van der Waals surface area contributed by atoms with Crippen molar-refractivity contribution in [3.05, 3.63) is 46.8 Å². The molecule has 1 heterocycles. The Balaban J connectivity index is 2.24. The molecule has 0 aliphatic rings. The Morgan fingerprint density at radius 3 is 2.52 bits per heavy atom. The summed E-state index contributed by atoms with van der Waals surface area (Å²) in [6.45, 7) is 7.81. The van der Waals surface area contributed by atoms with E-state index in [9.17, 15) is 4.79 Å². The number of anilines is 1. The molecule has 0 radical (unpaired) electrons. The van der Waals surface area contributed by atoms with Crippen molar-refractivity contribution in [1.82, 2.24) is 14.7 Å². The number of rotatable bonds is 8. The Morgan fingerprint density at radius 1 is 1.22 bits per heavy atom. The summed E-state index contributed by atoms with van der Waals surface area (Å²) in [5.74, 6) is 0.402. The van der Waals surface area contributed by atoms with E-state index in [2.05, 4.69) is 29.2 Å². The van der Waals surface area contributed by atoms with Gasteiger partial charge in [-0.2, -0.15) is 4.68 Å². The van der Waals surface area contributed by atoms with Gasteiger partial charge >= 0.3 is 0 Å². The molecule has 0 saturated carbocycles. The van der Waals surface area contributed by atoms with E-state index in [1.165, 1.54) is 4.68 Å². The molecule has 0 saturated heterocycles. The number of hydrogen-bond acceptors (Lipinski definition) is 5. The first-order valence-corrected chi connectivity index (χ1v) is 7.89. The van der Waals surface area contributed by atoms with Gasteiger partial charge in [0.1, 0.15) is 5.69 Å². The van der Waals surface area contributed by atoms with Crippen molar-refractivity contribution in [2.75, 3.05) is 38.6 Å². The predicted molar refractivity (Wildman–Crippen MR) is 92.7 cm³/mol. The Morgan fingerprint density at radius 2 is 1.91 bits per heavy atom. The highest BCUT2D eigenvalue weighted by atomic mass is 16.5. The molecule has 0 bridgehead atoms. The molecule has 1 aromatic heterocycles. The zero-order valence-corrected chi connectivity index (χ0v) is 14.0. The van der Waals surface area contributed by atoms with Gasteiger partial charge in [0.05, 0.1) is 12.8 Å². The third-order valence-corrected chi connectivity index (χ3v) is 3.74. The second kappa shape index (κ2) is 8.33. The first-order valence-electron chi connectivity index (χ1n) is 7.89. The first-order chi connectivity index (χ1) is 11.2. The summed E-state index contributed by atoms with van der Waals surface area (Å²) < 4.78 is 6.58. The Labute approximate surface area is 136 Å². The van der Waals surface area contributed by atoms with Crippen LogP contribution in [0.2, 0.25) is 0 Å². The average Bonchev–Trinajstić information content (AvgIpc) is 2.60. The topological polar surface area (TPSA) is 59.4 Å². The van der Waals surface area contributed by atoms with E-state index in [0.717, 1.165) is 19.6 Å². The van der Waals surface area contributed by atoms with E-state index in [1.54, 1.807) is 13.2 Å². The maximum Gasteiger partial charge on any atom is 0.295 e. The van der Waals surface area contributed by atoms with Crippen molar-refractivity contribution >= 4 is 5.69 Å². The van der Waals surface area contributed by atoms with Crippen LogP contribution in [0.3, 0.4) is 0 Å². The fraction of sp³-hybridized carbons (Fsp3) is 0.412. The molecule has 23 heavy (non-hydrogen) atoms. The molecule has 0 aliphatic heterocycles. The molecule has 1 N–H and O–H groups in total. The molecule has 0 fully saturated rings. The number of nitrogens with zero attached hydrogens (tertiary/aromatic N) is 3. The van der Waals surface area contributed by atoms with Crippen LogP contribution in [-0.4, -0.2) is 48.0 Å². The van der Waals surface area contributed by atoms with Crippen molar-refractivity contribution in [2.45, 2.75) is 13.8 Å². The molecule has 2 rings (SSSR count). The third-order valence-electron chi connectivity index (χ3n) is 3.74. The standard InChI is InChI=1S/C17H24N4O2/c1-4-20(5-2)12-11-18-15-13-16(23-3)19-21(17(15)22)14-9-7-6-8-10-14/h6-10,13,18H,4-5,11-12H2,1-3H3. The van der Waals surface area contributed by atoms with Crippen LogP contribution in [0.1, 0.15) is 13.8 Å². The monoisotopic (exact) mass is 316 g/mol. The van der Waals surface area contributed by atoms with Crippen molar-refractivity contribution in [3.63, 3.8) is 0 Å². The summed E-state index contributed by atoms with van der Waals surface area (Å²) in [5, 5.41) is 7.43. The summed E-state index contributed by atoms with van der Waals surface area (Å²) in [4.78, 5) is 14.9. The second-order valence-corrected chi connectivity index (χ2v) is 5.11. The normalized spacial score (nSPS) is 10.8. The summed E-state index contributed by atoms with van der Waals surface area (Å²) in [6, 6.07) is 11.0. The van der Waals surface area contributed by atoms with E-state index < -0.39 is 0 Å². The minimum absolute atomic E-state index is 0.184. The minimum Gasteiger partial charge on any atom is -0.480 e. The highest BCUT2D eigenvalue weighted by Gasteiger charge is 2.10. The molecule has 6 heteroatoms. The summed E-state index contributed by atoms with van der Waals surface area (Å²) in [6.07, 6.45) is 0. The fourth-order valence-corrected chi connectivity index (χ4v) is 2.33. The van der Waals surface area contributed by atoms with Crippen LogP contribution >= 0.6 is 0 Å². The van der Waals surface area contributed by atoms with Gasteiger partial charge in [0.2, 0.25) is 5.88 Å². The van der Waals surface area contributed by atoms with Gasteiger partial charge in [0.15, 0.2) is 0 Å². The SMILES string of the molecule is CCN(CC)CCNc1cc(OC)nn(-c2ccccc2)c1=O. The van der Waals surface area contributed by atoms with Crippen LogP contribution < -0.4 is 15.6 Å². The van der Waals surface area contributed by atoms with Gasteiger partial charge in [-0.25, -0.2) is 0 Å².